The highest BCUT2D eigenvalue weighted by molar-refractivity contribution is 14.0. The van der Waals surface area contributed by atoms with Crippen LogP contribution in [0.2, 0.25) is 0 Å². The van der Waals surface area contributed by atoms with Crippen molar-refractivity contribution in [3.8, 4) is 0 Å². The summed E-state index contributed by atoms with van der Waals surface area (Å²) in [6, 6.07) is 18.4. The first kappa shape index (κ1) is 25.2. The molecule has 0 spiro atoms. The van der Waals surface area contributed by atoms with Crippen LogP contribution < -0.4 is 10.6 Å². The number of aliphatic imine (C=N–C) groups is 1. The van der Waals surface area contributed by atoms with Crippen molar-refractivity contribution in [2.45, 2.75) is 45.6 Å². The average molecular weight is 534 g/mol. The van der Waals surface area contributed by atoms with Gasteiger partial charge in [-0.1, -0.05) is 49.4 Å². The Morgan fingerprint density at radius 3 is 2.32 bits per heavy atom. The van der Waals surface area contributed by atoms with Gasteiger partial charge in [-0.3, -0.25) is 4.79 Å². The van der Waals surface area contributed by atoms with Crippen molar-refractivity contribution < 1.29 is 4.79 Å². The van der Waals surface area contributed by atoms with E-state index in [4.69, 9.17) is 4.99 Å². The minimum Gasteiger partial charge on any atom is -0.357 e. The number of nitrogens with zero attached hydrogens (tertiary/aromatic N) is 2. The number of amides is 1. The lowest BCUT2D eigenvalue weighted by Crippen LogP contribution is -2.39. The summed E-state index contributed by atoms with van der Waals surface area (Å²) in [6.45, 7) is 8.25. The number of piperidine rings is 1. The summed E-state index contributed by atoms with van der Waals surface area (Å²) in [7, 11) is 0. The number of carbonyl (C=O) groups excluding carboxylic acids is 1. The summed E-state index contributed by atoms with van der Waals surface area (Å²) in [4.78, 5) is 19.3. The van der Waals surface area contributed by atoms with Crippen molar-refractivity contribution in [3.05, 3.63) is 71.3 Å². The Morgan fingerprint density at radius 2 is 1.68 bits per heavy atom. The van der Waals surface area contributed by atoms with Crippen LogP contribution in [-0.4, -0.2) is 42.9 Å². The lowest BCUT2D eigenvalue weighted by Gasteiger charge is -2.26. The van der Waals surface area contributed by atoms with Gasteiger partial charge in [0.25, 0.3) is 5.91 Å². The van der Waals surface area contributed by atoms with Crippen molar-refractivity contribution in [1.29, 1.82) is 0 Å². The molecule has 1 unspecified atom stereocenters. The monoisotopic (exact) mass is 534 g/mol. The Morgan fingerprint density at radius 1 is 1.00 bits per heavy atom. The van der Waals surface area contributed by atoms with Gasteiger partial charge < -0.3 is 15.5 Å². The third-order valence-electron chi connectivity index (χ3n) is 5.55. The Labute approximate surface area is 203 Å². The molecule has 1 amide bonds. The Balaban J connectivity index is 0.00000341. The van der Waals surface area contributed by atoms with Crippen molar-refractivity contribution >= 4 is 35.8 Å². The highest BCUT2D eigenvalue weighted by Gasteiger charge is 2.17. The molecule has 2 aromatic carbocycles. The van der Waals surface area contributed by atoms with Gasteiger partial charge in [-0.15, -0.1) is 24.0 Å². The summed E-state index contributed by atoms with van der Waals surface area (Å²) in [5.74, 6) is 1.36. The van der Waals surface area contributed by atoms with Crippen molar-refractivity contribution in [2.75, 3.05) is 26.2 Å². The first-order chi connectivity index (χ1) is 14.7. The molecule has 2 aromatic rings. The fraction of sp³-hybridized carbons (Fsp3) is 0.440. The smallest absolute Gasteiger partial charge is 0.253 e. The van der Waals surface area contributed by atoms with Crippen LogP contribution >= 0.6 is 24.0 Å². The van der Waals surface area contributed by atoms with E-state index in [1.165, 1.54) is 12.0 Å². The quantitative estimate of drug-likeness (QED) is 0.305. The number of benzene rings is 2. The van der Waals surface area contributed by atoms with E-state index < -0.39 is 0 Å². The molecule has 1 atom stereocenters. The number of hydrogen-bond donors (Lipinski definition) is 2. The van der Waals surface area contributed by atoms with Crippen LogP contribution in [0.5, 0.6) is 0 Å². The van der Waals surface area contributed by atoms with Gasteiger partial charge in [0, 0.05) is 31.7 Å². The maximum Gasteiger partial charge on any atom is 0.253 e. The minimum absolute atomic E-state index is 0. The zero-order valence-electron chi connectivity index (χ0n) is 18.6. The fourth-order valence-electron chi connectivity index (χ4n) is 3.69. The Hall–Kier alpha value is -2.09. The van der Waals surface area contributed by atoms with E-state index in [0.717, 1.165) is 56.1 Å². The summed E-state index contributed by atoms with van der Waals surface area (Å²) in [5, 5.41) is 6.75. The zero-order chi connectivity index (χ0) is 21.2. The predicted octanol–water partition coefficient (Wildman–Crippen LogP) is 4.79. The van der Waals surface area contributed by atoms with Gasteiger partial charge in [-0.2, -0.15) is 0 Å². The van der Waals surface area contributed by atoms with Crippen LogP contribution in [0.3, 0.4) is 0 Å². The van der Waals surface area contributed by atoms with Crippen LogP contribution in [0.1, 0.15) is 60.5 Å². The molecule has 1 saturated heterocycles. The molecule has 0 radical (unpaired) electrons. The molecule has 0 aromatic heterocycles. The van der Waals surface area contributed by atoms with E-state index in [2.05, 4.69) is 48.7 Å². The number of rotatable bonds is 7. The number of halogens is 1. The van der Waals surface area contributed by atoms with E-state index in [1.54, 1.807) is 0 Å². The number of guanidine groups is 1. The van der Waals surface area contributed by atoms with Crippen LogP contribution in [0.25, 0.3) is 0 Å². The lowest BCUT2D eigenvalue weighted by atomic mass is 10.0. The van der Waals surface area contributed by atoms with Gasteiger partial charge in [-0.25, -0.2) is 4.99 Å². The lowest BCUT2D eigenvalue weighted by molar-refractivity contribution is 0.0724. The van der Waals surface area contributed by atoms with Gasteiger partial charge in [0.05, 0.1) is 6.54 Å². The number of hydrogen-bond acceptors (Lipinski definition) is 2. The van der Waals surface area contributed by atoms with Crippen LogP contribution in [0.4, 0.5) is 0 Å². The second-order valence-electron chi connectivity index (χ2n) is 7.94. The topological polar surface area (TPSA) is 56.7 Å². The van der Waals surface area contributed by atoms with Crippen LogP contribution in [0.15, 0.2) is 59.6 Å². The maximum atomic E-state index is 12.6. The summed E-state index contributed by atoms with van der Waals surface area (Å²) in [5.41, 5.74) is 3.18. The van der Waals surface area contributed by atoms with Gasteiger partial charge in [0.1, 0.15) is 0 Å². The van der Waals surface area contributed by atoms with E-state index in [0.29, 0.717) is 12.5 Å². The maximum absolute atomic E-state index is 12.6. The molecule has 2 N–H and O–H groups in total. The van der Waals surface area contributed by atoms with E-state index in [-0.39, 0.29) is 29.9 Å². The molecule has 1 aliphatic rings. The van der Waals surface area contributed by atoms with Crippen molar-refractivity contribution in [3.63, 3.8) is 0 Å². The van der Waals surface area contributed by atoms with Gasteiger partial charge in [-0.05, 0) is 55.4 Å². The SMILES string of the molecule is CCNC(=NCc1ccc(C(=O)N2CCCCC2)cc1)NCC(C)c1ccccc1.I. The molecule has 3 rings (SSSR count). The number of nitrogens with one attached hydrogen (secondary N) is 2. The molecule has 1 fully saturated rings. The van der Waals surface area contributed by atoms with E-state index in [1.807, 2.05) is 35.2 Å². The van der Waals surface area contributed by atoms with Crippen molar-refractivity contribution in [1.82, 2.24) is 15.5 Å². The average Bonchev–Trinajstić information content (AvgIpc) is 2.81. The highest BCUT2D eigenvalue weighted by atomic mass is 127. The number of carbonyl (C=O) groups is 1. The second-order valence-corrected chi connectivity index (χ2v) is 7.94. The summed E-state index contributed by atoms with van der Waals surface area (Å²) >= 11 is 0. The first-order valence-corrected chi connectivity index (χ1v) is 11.1. The minimum atomic E-state index is 0. The Bertz CT molecular complexity index is 817. The number of likely N-dealkylation sites (tertiary alicyclic amines) is 1. The van der Waals surface area contributed by atoms with E-state index in [9.17, 15) is 4.79 Å². The third-order valence-corrected chi connectivity index (χ3v) is 5.55. The van der Waals surface area contributed by atoms with Gasteiger partial charge in [0.2, 0.25) is 0 Å². The molecule has 1 heterocycles. The first-order valence-electron chi connectivity index (χ1n) is 11.1. The highest BCUT2D eigenvalue weighted by Crippen LogP contribution is 2.15. The van der Waals surface area contributed by atoms with Crippen LogP contribution in [0, 0.1) is 0 Å². The molecule has 5 nitrogen and oxygen atoms in total. The van der Waals surface area contributed by atoms with Crippen LogP contribution in [-0.2, 0) is 6.54 Å². The predicted molar refractivity (Wildman–Crippen MR) is 139 cm³/mol. The largest absolute Gasteiger partial charge is 0.357 e. The fourth-order valence-corrected chi connectivity index (χ4v) is 3.69. The summed E-state index contributed by atoms with van der Waals surface area (Å²) in [6.07, 6.45) is 3.45. The molecule has 0 aliphatic carbocycles. The third kappa shape index (κ3) is 7.83. The van der Waals surface area contributed by atoms with Crippen molar-refractivity contribution in [2.24, 2.45) is 4.99 Å². The molecular formula is C25H35IN4O. The van der Waals surface area contributed by atoms with E-state index >= 15 is 0 Å². The molecular weight excluding hydrogens is 499 g/mol. The normalized spacial score (nSPS) is 15.0. The molecule has 0 saturated carbocycles. The van der Waals surface area contributed by atoms with Gasteiger partial charge >= 0.3 is 0 Å². The molecule has 31 heavy (non-hydrogen) atoms. The van der Waals surface area contributed by atoms with Gasteiger partial charge in [0.15, 0.2) is 5.96 Å². The summed E-state index contributed by atoms with van der Waals surface area (Å²) < 4.78 is 0. The standard InChI is InChI=1S/C25H34N4O.HI/c1-3-26-25(27-18-20(2)22-10-6-4-7-11-22)28-19-21-12-14-23(15-13-21)24(30)29-16-8-5-9-17-29;/h4,6-7,10-15,20H,3,5,8-9,16-19H2,1-2H3,(H2,26,27,28);1H. The molecule has 6 heteroatoms. The molecule has 0 bridgehead atoms. The second kappa shape index (κ2) is 13.3. The Kier molecular flexibility index (Phi) is 10.8. The molecule has 1 aliphatic heterocycles. The molecule has 168 valence electrons. The zero-order valence-corrected chi connectivity index (χ0v) is 21.0.